The standard InChI is InChI=1S/C22H30N4O3/c23-19(27)20-25-10-1-2-18(25)21(28)26(20)17-5-3-16(4-6-17)22(7-8-22)9-11-24-12-14-29-15-13-24/h3-6,18,20H,1-2,7-15H2,(H2,23,27)/t18-,20?/m0/s1. The third kappa shape index (κ3) is 3.35. The molecule has 0 radical (unpaired) electrons. The van der Waals surface area contributed by atoms with E-state index in [0.29, 0.717) is 0 Å². The number of morpholine rings is 1. The summed E-state index contributed by atoms with van der Waals surface area (Å²) in [5.41, 5.74) is 8.07. The van der Waals surface area contributed by atoms with Gasteiger partial charge in [0.15, 0.2) is 6.17 Å². The van der Waals surface area contributed by atoms with Crippen molar-refractivity contribution in [1.82, 2.24) is 9.80 Å². The highest BCUT2D eigenvalue weighted by molar-refractivity contribution is 6.06. The first kappa shape index (κ1) is 19.0. The van der Waals surface area contributed by atoms with Crippen LogP contribution in [-0.4, -0.2) is 73.2 Å². The summed E-state index contributed by atoms with van der Waals surface area (Å²) in [6.07, 6.45) is 4.70. The van der Waals surface area contributed by atoms with Crippen molar-refractivity contribution in [2.45, 2.75) is 49.7 Å². The van der Waals surface area contributed by atoms with Crippen molar-refractivity contribution in [3.63, 3.8) is 0 Å². The van der Waals surface area contributed by atoms with Gasteiger partial charge in [0.2, 0.25) is 5.91 Å². The fraction of sp³-hybridized carbons (Fsp3) is 0.636. The molecule has 3 heterocycles. The lowest BCUT2D eigenvalue weighted by molar-refractivity contribution is -0.122. The number of nitrogens with zero attached hydrogens (tertiary/aromatic N) is 3. The molecule has 1 saturated carbocycles. The monoisotopic (exact) mass is 398 g/mol. The van der Waals surface area contributed by atoms with Gasteiger partial charge in [0.05, 0.1) is 19.3 Å². The number of fused-ring (bicyclic) bond motifs is 1. The minimum Gasteiger partial charge on any atom is -0.379 e. The van der Waals surface area contributed by atoms with Crippen LogP contribution in [0.2, 0.25) is 0 Å². The van der Waals surface area contributed by atoms with Gasteiger partial charge in [0.25, 0.3) is 5.91 Å². The lowest BCUT2D eigenvalue weighted by Gasteiger charge is -2.29. The van der Waals surface area contributed by atoms with Crippen molar-refractivity contribution in [2.24, 2.45) is 5.73 Å². The second-order valence-electron chi connectivity index (χ2n) is 8.91. The van der Waals surface area contributed by atoms with Gasteiger partial charge >= 0.3 is 0 Å². The summed E-state index contributed by atoms with van der Waals surface area (Å²) >= 11 is 0. The summed E-state index contributed by atoms with van der Waals surface area (Å²) in [7, 11) is 0. The largest absolute Gasteiger partial charge is 0.379 e. The van der Waals surface area contributed by atoms with E-state index in [2.05, 4.69) is 17.0 Å². The lowest BCUT2D eigenvalue weighted by Crippen LogP contribution is -2.49. The van der Waals surface area contributed by atoms with Crippen LogP contribution in [0.5, 0.6) is 0 Å². The van der Waals surface area contributed by atoms with Crippen molar-refractivity contribution in [3.05, 3.63) is 29.8 Å². The van der Waals surface area contributed by atoms with Gasteiger partial charge in [0.1, 0.15) is 0 Å². The molecule has 29 heavy (non-hydrogen) atoms. The van der Waals surface area contributed by atoms with Crippen LogP contribution in [0.25, 0.3) is 0 Å². The van der Waals surface area contributed by atoms with Gasteiger partial charge in [-0.05, 0) is 61.8 Å². The van der Waals surface area contributed by atoms with E-state index in [1.54, 1.807) is 4.90 Å². The highest BCUT2D eigenvalue weighted by Crippen LogP contribution is 2.51. The molecule has 1 aliphatic carbocycles. The SMILES string of the molecule is NC(=O)C1N(c2ccc(C3(CCN4CCOCC4)CC3)cc2)C(=O)[C@@H]2CCCN12. The number of hydrogen-bond acceptors (Lipinski definition) is 5. The molecule has 0 bridgehead atoms. The van der Waals surface area contributed by atoms with Gasteiger partial charge < -0.3 is 10.5 Å². The molecule has 2 N–H and O–H groups in total. The molecule has 1 unspecified atom stereocenters. The van der Waals surface area contributed by atoms with Crippen LogP contribution in [0.4, 0.5) is 5.69 Å². The number of ether oxygens (including phenoxy) is 1. The molecule has 3 saturated heterocycles. The number of anilines is 1. The molecule has 5 rings (SSSR count). The maximum absolute atomic E-state index is 12.9. The Morgan fingerprint density at radius 2 is 1.86 bits per heavy atom. The maximum Gasteiger partial charge on any atom is 0.255 e. The lowest BCUT2D eigenvalue weighted by atomic mass is 9.92. The van der Waals surface area contributed by atoms with E-state index in [0.717, 1.165) is 64.3 Å². The first-order valence-corrected chi connectivity index (χ1v) is 10.9. The highest BCUT2D eigenvalue weighted by atomic mass is 16.5. The van der Waals surface area contributed by atoms with Crippen molar-refractivity contribution < 1.29 is 14.3 Å². The Balaban J connectivity index is 1.31. The van der Waals surface area contributed by atoms with Crippen LogP contribution in [-0.2, 0) is 19.7 Å². The van der Waals surface area contributed by atoms with Gasteiger partial charge in [-0.2, -0.15) is 0 Å². The first-order chi connectivity index (χ1) is 14.1. The number of primary amides is 1. The van der Waals surface area contributed by atoms with E-state index in [1.165, 1.54) is 18.4 Å². The molecule has 0 aromatic heterocycles. The van der Waals surface area contributed by atoms with E-state index in [1.807, 2.05) is 17.0 Å². The van der Waals surface area contributed by atoms with Crippen LogP contribution in [0.3, 0.4) is 0 Å². The zero-order chi connectivity index (χ0) is 20.0. The van der Waals surface area contributed by atoms with Crippen LogP contribution < -0.4 is 10.6 Å². The Morgan fingerprint density at radius 1 is 1.14 bits per heavy atom. The fourth-order valence-electron chi connectivity index (χ4n) is 5.34. The zero-order valence-electron chi connectivity index (χ0n) is 16.9. The molecule has 2 atom stereocenters. The summed E-state index contributed by atoms with van der Waals surface area (Å²) in [5, 5.41) is 0. The zero-order valence-corrected chi connectivity index (χ0v) is 16.9. The number of nitrogens with two attached hydrogens (primary N) is 1. The third-order valence-electron chi connectivity index (χ3n) is 7.25. The van der Waals surface area contributed by atoms with Gasteiger partial charge in [-0.1, -0.05) is 12.1 Å². The summed E-state index contributed by atoms with van der Waals surface area (Å²) in [4.78, 5) is 31.1. The van der Waals surface area contributed by atoms with Crippen molar-refractivity contribution in [1.29, 1.82) is 0 Å². The molecule has 156 valence electrons. The number of carbonyl (C=O) groups excluding carboxylic acids is 2. The van der Waals surface area contributed by atoms with E-state index >= 15 is 0 Å². The summed E-state index contributed by atoms with van der Waals surface area (Å²) in [6.45, 7) is 5.59. The Labute approximate surface area is 171 Å². The van der Waals surface area contributed by atoms with Crippen molar-refractivity contribution >= 4 is 17.5 Å². The predicted molar refractivity (Wildman–Crippen MR) is 109 cm³/mol. The molecule has 7 nitrogen and oxygen atoms in total. The molecule has 3 aliphatic heterocycles. The minimum atomic E-state index is -0.656. The maximum atomic E-state index is 12.9. The molecule has 7 heteroatoms. The second-order valence-corrected chi connectivity index (χ2v) is 8.91. The van der Waals surface area contributed by atoms with Crippen molar-refractivity contribution in [3.8, 4) is 0 Å². The van der Waals surface area contributed by atoms with Gasteiger partial charge in [-0.15, -0.1) is 0 Å². The average molecular weight is 399 g/mol. The minimum absolute atomic E-state index is 0.00695. The number of rotatable bonds is 6. The summed E-state index contributed by atoms with van der Waals surface area (Å²) < 4.78 is 5.45. The third-order valence-corrected chi connectivity index (χ3v) is 7.25. The number of amides is 2. The van der Waals surface area contributed by atoms with Gasteiger partial charge in [-0.25, -0.2) is 0 Å². The van der Waals surface area contributed by atoms with Crippen molar-refractivity contribution in [2.75, 3.05) is 44.3 Å². The fourth-order valence-corrected chi connectivity index (χ4v) is 5.34. The van der Waals surface area contributed by atoms with E-state index in [9.17, 15) is 9.59 Å². The predicted octanol–water partition coefficient (Wildman–Crippen LogP) is 1.06. The second kappa shape index (κ2) is 7.38. The van der Waals surface area contributed by atoms with Crippen LogP contribution >= 0.6 is 0 Å². The molecule has 1 aromatic rings. The van der Waals surface area contributed by atoms with E-state index < -0.39 is 12.1 Å². The highest BCUT2D eigenvalue weighted by Gasteiger charge is 2.51. The van der Waals surface area contributed by atoms with E-state index in [4.69, 9.17) is 10.5 Å². The Morgan fingerprint density at radius 3 is 2.52 bits per heavy atom. The molecule has 2 amide bonds. The molecular weight excluding hydrogens is 368 g/mol. The molecule has 4 aliphatic rings. The smallest absolute Gasteiger partial charge is 0.255 e. The summed E-state index contributed by atoms with van der Waals surface area (Å²) in [6, 6.07) is 8.10. The molecular formula is C22H30N4O3. The van der Waals surface area contributed by atoms with E-state index in [-0.39, 0.29) is 17.4 Å². The topological polar surface area (TPSA) is 79.1 Å². The van der Waals surface area contributed by atoms with Crippen LogP contribution in [0.1, 0.15) is 37.7 Å². The molecule has 1 aromatic carbocycles. The Kier molecular flexibility index (Phi) is 4.84. The summed E-state index contributed by atoms with van der Waals surface area (Å²) in [5.74, 6) is -0.441. The number of benzene rings is 1. The number of carbonyl (C=O) groups is 2. The Bertz CT molecular complexity index is 786. The first-order valence-electron chi connectivity index (χ1n) is 10.9. The number of hydrogen-bond donors (Lipinski definition) is 1. The molecule has 0 spiro atoms. The Hall–Kier alpha value is -1.96. The normalized spacial score (nSPS) is 29.2. The molecule has 4 fully saturated rings. The van der Waals surface area contributed by atoms with Gasteiger partial charge in [0, 0.05) is 25.3 Å². The van der Waals surface area contributed by atoms with Crippen LogP contribution in [0.15, 0.2) is 24.3 Å². The average Bonchev–Trinajstić information content (AvgIpc) is 3.28. The quantitative estimate of drug-likeness (QED) is 0.775. The van der Waals surface area contributed by atoms with Gasteiger partial charge in [-0.3, -0.25) is 24.3 Å². The van der Waals surface area contributed by atoms with Crippen LogP contribution in [0, 0.1) is 0 Å².